The SMILES string of the molecule is COc1nc(/C(=C/[C@H]2CCN(C(=O)O)C2)c2ccc(Cl)cc2)ccc1C1CC1. The van der Waals surface area contributed by atoms with Crippen molar-refractivity contribution < 1.29 is 14.6 Å². The van der Waals surface area contributed by atoms with E-state index in [0.29, 0.717) is 29.9 Å². The molecule has 1 saturated heterocycles. The second-order valence-electron chi connectivity index (χ2n) is 7.43. The summed E-state index contributed by atoms with van der Waals surface area (Å²) in [6.07, 6.45) is 4.46. The van der Waals surface area contributed by atoms with E-state index in [4.69, 9.17) is 21.3 Å². The molecule has 1 aliphatic heterocycles. The van der Waals surface area contributed by atoms with Gasteiger partial charge in [-0.05, 0) is 54.9 Å². The molecule has 1 aromatic heterocycles. The lowest BCUT2D eigenvalue weighted by atomic mass is 9.96. The fraction of sp³-hybridized carbons (Fsp3) is 0.364. The molecule has 0 unspecified atom stereocenters. The molecule has 0 spiro atoms. The molecule has 1 atom stereocenters. The van der Waals surface area contributed by atoms with Crippen LogP contribution in [0.3, 0.4) is 0 Å². The van der Waals surface area contributed by atoms with E-state index in [1.54, 1.807) is 7.11 Å². The first-order valence-corrected chi connectivity index (χ1v) is 9.94. The number of benzene rings is 1. The van der Waals surface area contributed by atoms with E-state index in [0.717, 1.165) is 23.3 Å². The van der Waals surface area contributed by atoms with Gasteiger partial charge in [0, 0.05) is 29.2 Å². The maximum absolute atomic E-state index is 11.3. The Morgan fingerprint density at radius 3 is 2.57 bits per heavy atom. The molecule has 0 bridgehead atoms. The van der Waals surface area contributed by atoms with Crippen LogP contribution in [0.2, 0.25) is 5.02 Å². The molecule has 2 heterocycles. The standard InChI is InChI=1S/C22H23ClN2O3/c1-28-21-18(15-2-3-15)8-9-20(24-21)19(16-4-6-17(23)7-5-16)12-14-10-11-25(13-14)22(26)27/h4-9,12,14-15H,2-3,10-11,13H2,1H3,(H,26,27)/b19-12+/t14-/m1/s1. The van der Waals surface area contributed by atoms with Crippen LogP contribution < -0.4 is 4.74 Å². The number of rotatable bonds is 5. The number of hydrogen-bond acceptors (Lipinski definition) is 3. The van der Waals surface area contributed by atoms with Crippen molar-refractivity contribution >= 4 is 23.3 Å². The van der Waals surface area contributed by atoms with Crippen molar-refractivity contribution in [3.8, 4) is 5.88 Å². The van der Waals surface area contributed by atoms with Crippen LogP contribution in [0.4, 0.5) is 4.79 Å². The van der Waals surface area contributed by atoms with Gasteiger partial charge in [0.05, 0.1) is 12.8 Å². The summed E-state index contributed by atoms with van der Waals surface area (Å²) in [4.78, 5) is 17.5. The molecule has 2 aromatic rings. The Labute approximate surface area is 169 Å². The molecular formula is C22H23ClN2O3. The number of hydrogen-bond donors (Lipinski definition) is 1. The number of amides is 1. The predicted molar refractivity (Wildman–Crippen MR) is 109 cm³/mol. The summed E-state index contributed by atoms with van der Waals surface area (Å²) in [5.74, 6) is 1.38. The van der Waals surface area contributed by atoms with Gasteiger partial charge in [-0.1, -0.05) is 35.9 Å². The first-order chi connectivity index (χ1) is 13.5. The van der Waals surface area contributed by atoms with E-state index in [9.17, 15) is 9.90 Å². The van der Waals surface area contributed by atoms with Crippen molar-refractivity contribution in [3.63, 3.8) is 0 Å². The zero-order valence-corrected chi connectivity index (χ0v) is 16.5. The Morgan fingerprint density at radius 1 is 1.21 bits per heavy atom. The largest absolute Gasteiger partial charge is 0.481 e. The fourth-order valence-corrected chi connectivity index (χ4v) is 3.89. The number of ether oxygens (including phenoxy) is 1. The van der Waals surface area contributed by atoms with Crippen LogP contribution in [0.1, 0.15) is 42.0 Å². The summed E-state index contributed by atoms with van der Waals surface area (Å²) in [6.45, 7) is 1.06. The van der Waals surface area contributed by atoms with Gasteiger partial charge in [0.25, 0.3) is 0 Å². The maximum Gasteiger partial charge on any atom is 0.407 e. The van der Waals surface area contributed by atoms with Gasteiger partial charge in [-0.15, -0.1) is 0 Å². The summed E-state index contributed by atoms with van der Waals surface area (Å²) in [5, 5.41) is 9.92. The summed E-state index contributed by atoms with van der Waals surface area (Å²) < 4.78 is 5.57. The molecule has 2 fully saturated rings. The lowest BCUT2D eigenvalue weighted by Gasteiger charge is -2.15. The summed E-state index contributed by atoms with van der Waals surface area (Å²) >= 11 is 6.07. The van der Waals surface area contributed by atoms with Crippen LogP contribution in [0.15, 0.2) is 42.5 Å². The molecular weight excluding hydrogens is 376 g/mol. The fourth-order valence-electron chi connectivity index (χ4n) is 3.76. The Balaban J connectivity index is 1.72. The number of aromatic nitrogens is 1. The molecule has 0 radical (unpaired) electrons. The third kappa shape index (κ3) is 3.99. The third-order valence-corrected chi connectivity index (χ3v) is 5.68. The zero-order valence-electron chi connectivity index (χ0n) is 15.8. The van der Waals surface area contributed by atoms with E-state index in [2.05, 4.69) is 12.1 Å². The first-order valence-electron chi connectivity index (χ1n) is 9.56. The highest BCUT2D eigenvalue weighted by atomic mass is 35.5. The molecule has 1 saturated carbocycles. The highest BCUT2D eigenvalue weighted by Gasteiger charge is 2.29. The maximum atomic E-state index is 11.3. The van der Waals surface area contributed by atoms with Gasteiger partial charge < -0.3 is 14.7 Å². The molecule has 146 valence electrons. The van der Waals surface area contributed by atoms with E-state index < -0.39 is 6.09 Å². The first kappa shape index (κ1) is 18.8. The van der Waals surface area contributed by atoms with Crippen LogP contribution in [0.25, 0.3) is 5.57 Å². The number of carbonyl (C=O) groups is 1. The second-order valence-corrected chi connectivity index (χ2v) is 7.87. The summed E-state index contributed by atoms with van der Waals surface area (Å²) in [6, 6.07) is 11.8. The molecule has 1 aliphatic carbocycles. The molecule has 5 nitrogen and oxygen atoms in total. The Morgan fingerprint density at radius 2 is 1.96 bits per heavy atom. The number of pyridine rings is 1. The average molecular weight is 399 g/mol. The minimum Gasteiger partial charge on any atom is -0.481 e. The van der Waals surface area contributed by atoms with E-state index in [1.807, 2.05) is 30.3 Å². The van der Waals surface area contributed by atoms with Crippen molar-refractivity contribution in [2.75, 3.05) is 20.2 Å². The number of carboxylic acid groups (broad SMARTS) is 1. The smallest absolute Gasteiger partial charge is 0.407 e. The van der Waals surface area contributed by atoms with Gasteiger partial charge in [0.2, 0.25) is 5.88 Å². The molecule has 2 aliphatic rings. The minimum atomic E-state index is -0.863. The van der Waals surface area contributed by atoms with Gasteiger partial charge in [0.15, 0.2) is 0 Å². The lowest BCUT2D eigenvalue weighted by molar-refractivity contribution is 0.155. The molecule has 28 heavy (non-hydrogen) atoms. The van der Waals surface area contributed by atoms with Crippen molar-refractivity contribution in [2.45, 2.75) is 25.2 Å². The monoisotopic (exact) mass is 398 g/mol. The number of likely N-dealkylation sites (tertiary alicyclic amines) is 1. The van der Waals surface area contributed by atoms with Crippen LogP contribution in [0, 0.1) is 5.92 Å². The van der Waals surface area contributed by atoms with Crippen molar-refractivity contribution in [2.24, 2.45) is 5.92 Å². The highest BCUT2D eigenvalue weighted by Crippen LogP contribution is 2.44. The summed E-state index contributed by atoms with van der Waals surface area (Å²) in [5.41, 5.74) is 3.98. The highest BCUT2D eigenvalue weighted by molar-refractivity contribution is 6.30. The predicted octanol–water partition coefficient (Wildman–Crippen LogP) is 5.05. The van der Waals surface area contributed by atoms with E-state index in [1.165, 1.54) is 23.3 Å². The number of halogens is 1. The number of methoxy groups -OCH3 is 1. The Kier molecular flexibility index (Phi) is 5.27. The van der Waals surface area contributed by atoms with Crippen LogP contribution in [-0.4, -0.2) is 41.3 Å². The molecule has 1 aromatic carbocycles. The lowest BCUT2D eigenvalue weighted by Crippen LogP contribution is -2.26. The van der Waals surface area contributed by atoms with Gasteiger partial charge in [-0.3, -0.25) is 0 Å². The van der Waals surface area contributed by atoms with E-state index >= 15 is 0 Å². The molecule has 1 amide bonds. The van der Waals surface area contributed by atoms with Crippen molar-refractivity contribution in [1.82, 2.24) is 9.88 Å². The quantitative estimate of drug-likeness (QED) is 0.765. The molecule has 1 N–H and O–H groups in total. The third-order valence-electron chi connectivity index (χ3n) is 5.43. The second kappa shape index (κ2) is 7.84. The van der Waals surface area contributed by atoms with Crippen molar-refractivity contribution in [3.05, 3.63) is 64.3 Å². The van der Waals surface area contributed by atoms with Crippen LogP contribution in [-0.2, 0) is 0 Å². The van der Waals surface area contributed by atoms with Gasteiger partial charge in [0.1, 0.15) is 0 Å². The van der Waals surface area contributed by atoms with E-state index in [-0.39, 0.29) is 5.92 Å². The Hall–Kier alpha value is -2.53. The molecule has 6 heteroatoms. The van der Waals surface area contributed by atoms with Gasteiger partial charge >= 0.3 is 6.09 Å². The van der Waals surface area contributed by atoms with Gasteiger partial charge in [-0.25, -0.2) is 9.78 Å². The molecule has 4 rings (SSSR count). The number of nitrogens with zero attached hydrogens (tertiary/aromatic N) is 2. The van der Waals surface area contributed by atoms with Crippen LogP contribution >= 0.6 is 11.6 Å². The average Bonchev–Trinajstić information content (AvgIpc) is 3.43. The van der Waals surface area contributed by atoms with Gasteiger partial charge in [-0.2, -0.15) is 0 Å². The topological polar surface area (TPSA) is 62.7 Å². The Bertz CT molecular complexity index is 906. The normalized spacial score (nSPS) is 19.7. The van der Waals surface area contributed by atoms with Crippen LogP contribution in [0.5, 0.6) is 5.88 Å². The minimum absolute atomic E-state index is 0.151. The summed E-state index contributed by atoms with van der Waals surface area (Å²) in [7, 11) is 1.66. The zero-order chi connectivity index (χ0) is 19.7. The van der Waals surface area contributed by atoms with Crippen molar-refractivity contribution in [1.29, 1.82) is 0 Å².